The summed E-state index contributed by atoms with van der Waals surface area (Å²) in [7, 11) is -3.03. The van der Waals surface area contributed by atoms with Gasteiger partial charge in [0.2, 0.25) is 0 Å². The van der Waals surface area contributed by atoms with Crippen molar-refractivity contribution in [1.29, 1.82) is 0 Å². The van der Waals surface area contributed by atoms with E-state index in [1.54, 1.807) is 19.1 Å². The van der Waals surface area contributed by atoms with Gasteiger partial charge in [-0.2, -0.15) is 0 Å². The Morgan fingerprint density at radius 1 is 1.40 bits per heavy atom. The van der Waals surface area contributed by atoms with Crippen LogP contribution in [0, 0.1) is 0 Å². The molecule has 1 heterocycles. The van der Waals surface area contributed by atoms with Crippen LogP contribution < -0.4 is 10.1 Å². The molecule has 0 unspecified atom stereocenters. The minimum absolute atomic E-state index is 0.00990. The molecule has 110 valence electrons. The molecule has 0 aliphatic carbocycles. The summed E-state index contributed by atoms with van der Waals surface area (Å²) in [6.07, 6.45) is 0.444. The molecule has 7 heteroatoms. The number of benzene rings is 1. The highest BCUT2D eigenvalue weighted by Gasteiger charge is 2.39. The van der Waals surface area contributed by atoms with Gasteiger partial charge in [-0.15, -0.1) is 0 Å². The number of sulfone groups is 1. The van der Waals surface area contributed by atoms with E-state index >= 15 is 0 Å². The predicted molar refractivity (Wildman–Crippen MR) is 79.5 cm³/mol. The van der Waals surface area contributed by atoms with Crippen LogP contribution in [0.3, 0.4) is 0 Å². The first kappa shape index (κ1) is 15.3. The van der Waals surface area contributed by atoms with Gasteiger partial charge >= 0.3 is 0 Å². The van der Waals surface area contributed by atoms with Crippen LogP contribution in [0.15, 0.2) is 28.7 Å². The molecule has 1 fully saturated rings. The van der Waals surface area contributed by atoms with E-state index in [1.165, 1.54) is 0 Å². The fraction of sp³-hybridized carbons (Fsp3) is 0.462. The van der Waals surface area contributed by atoms with Gasteiger partial charge < -0.3 is 10.1 Å². The van der Waals surface area contributed by atoms with Crippen LogP contribution in [0.5, 0.6) is 5.75 Å². The maximum atomic E-state index is 11.8. The second-order valence-corrected chi connectivity index (χ2v) is 8.29. The normalized spacial score (nSPS) is 24.3. The molecule has 5 nitrogen and oxygen atoms in total. The van der Waals surface area contributed by atoms with Crippen molar-refractivity contribution in [3.05, 3.63) is 28.7 Å². The molecule has 0 radical (unpaired) electrons. The summed E-state index contributed by atoms with van der Waals surface area (Å²) >= 11 is 3.31. The molecular weight excluding hydrogens is 346 g/mol. The maximum absolute atomic E-state index is 11.8. The van der Waals surface area contributed by atoms with E-state index in [2.05, 4.69) is 21.2 Å². The SMILES string of the molecule is C[C@@]1(NC(=O)COc2ccc(Br)cc2)CCS(=O)(=O)C1. The Kier molecular flexibility index (Phi) is 4.39. The molecule has 0 spiro atoms. The van der Waals surface area contributed by atoms with Gasteiger partial charge in [0, 0.05) is 4.47 Å². The van der Waals surface area contributed by atoms with E-state index in [1.807, 2.05) is 12.1 Å². The van der Waals surface area contributed by atoms with Gasteiger partial charge in [0.25, 0.3) is 5.91 Å². The molecule has 1 aromatic rings. The topological polar surface area (TPSA) is 72.5 Å². The van der Waals surface area contributed by atoms with Crippen LogP contribution in [-0.4, -0.2) is 38.0 Å². The zero-order valence-electron chi connectivity index (χ0n) is 11.1. The van der Waals surface area contributed by atoms with Crippen LogP contribution in [0.4, 0.5) is 0 Å². The molecule has 1 amide bonds. The monoisotopic (exact) mass is 361 g/mol. The lowest BCUT2D eigenvalue weighted by Crippen LogP contribution is -2.48. The summed E-state index contributed by atoms with van der Waals surface area (Å²) in [6, 6.07) is 7.13. The molecule has 0 saturated carbocycles. The largest absolute Gasteiger partial charge is 0.484 e. The summed E-state index contributed by atoms with van der Waals surface area (Å²) < 4.78 is 29.2. The lowest BCUT2D eigenvalue weighted by atomic mass is 10.0. The Bertz CT molecular complexity index is 599. The summed E-state index contributed by atoms with van der Waals surface area (Å²) in [5.74, 6) is 0.390. The molecule has 1 N–H and O–H groups in total. The Hall–Kier alpha value is -1.08. The Balaban J connectivity index is 1.85. The summed E-state index contributed by atoms with van der Waals surface area (Å²) in [5, 5.41) is 2.74. The molecule has 1 saturated heterocycles. The lowest BCUT2D eigenvalue weighted by molar-refractivity contribution is -0.124. The fourth-order valence-corrected chi connectivity index (χ4v) is 4.52. The molecule has 1 aliphatic rings. The Labute approximate surface area is 126 Å². The number of halogens is 1. The molecule has 20 heavy (non-hydrogen) atoms. The van der Waals surface area contributed by atoms with Crippen LogP contribution in [0.2, 0.25) is 0 Å². The van der Waals surface area contributed by atoms with Gasteiger partial charge in [-0.05, 0) is 37.6 Å². The van der Waals surface area contributed by atoms with Crippen LogP contribution in [0.1, 0.15) is 13.3 Å². The van der Waals surface area contributed by atoms with Crippen LogP contribution in [0.25, 0.3) is 0 Å². The number of ether oxygens (including phenoxy) is 1. The fourth-order valence-electron chi connectivity index (χ4n) is 2.16. The van der Waals surface area contributed by atoms with Gasteiger partial charge in [-0.1, -0.05) is 15.9 Å². The first-order chi connectivity index (χ1) is 9.28. The van der Waals surface area contributed by atoms with Crippen molar-refractivity contribution >= 4 is 31.7 Å². The molecule has 1 aromatic carbocycles. The van der Waals surface area contributed by atoms with Crippen molar-refractivity contribution < 1.29 is 17.9 Å². The first-order valence-electron chi connectivity index (χ1n) is 6.18. The standard InChI is InChI=1S/C13H16BrNO4S/c1-13(6-7-20(17,18)9-13)15-12(16)8-19-11-4-2-10(14)3-5-11/h2-5H,6-9H2,1H3,(H,15,16)/t13-/m1/s1. The molecular formula is C13H16BrNO4S. The number of carbonyl (C=O) groups excluding carboxylic acids is 1. The van der Waals surface area contributed by atoms with Crippen molar-refractivity contribution in [3.63, 3.8) is 0 Å². The highest BCUT2D eigenvalue weighted by Crippen LogP contribution is 2.22. The van der Waals surface area contributed by atoms with Gasteiger partial charge in [0.05, 0.1) is 17.0 Å². The van der Waals surface area contributed by atoms with E-state index < -0.39 is 15.4 Å². The smallest absolute Gasteiger partial charge is 0.258 e. The van der Waals surface area contributed by atoms with E-state index in [-0.39, 0.29) is 24.0 Å². The van der Waals surface area contributed by atoms with E-state index in [4.69, 9.17) is 4.74 Å². The quantitative estimate of drug-likeness (QED) is 0.882. The van der Waals surface area contributed by atoms with Gasteiger partial charge in [-0.25, -0.2) is 8.42 Å². The average molecular weight is 362 g/mol. The van der Waals surface area contributed by atoms with Crippen molar-refractivity contribution in [2.75, 3.05) is 18.1 Å². The van der Waals surface area contributed by atoms with Crippen LogP contribution in [-0.2, 0) is 14.6 Å². The average Bonchev–Trinajstić information content (AvgIpc) is 2.62. The van der Waals surface area contributed by atoms with E-state index in [0.29, 0.717) is 12.2 Å². The molecule has 0 aromatic heterocycles. The number of nitrogens with one attached hydrogen (secondary N) is 1. The second-order valence-electron chi connectivity index (χ2n) is 5.19. The van der Waals surface area contributed by atoms with Crippen LogP contribution >= 0.6 is 15.9 Å². The number of carbonyl (C=O) groups is 1. The number of amides is 1. The van der Waals surface area contributed by atoms with Gasteiger partial charge in [-0.3, -0.25) is 4.79 Å². The number of hydrogen-bond donors (Lipinski definition) is 1. The second kappa shape index (κ2) is 5.73. The molecule has 0 bridgehead atoms. The predicted octanol–water partition coefficient (Wildman–Crippen LogP) is 1.52. The number of hydrogen-bond acceptors (Lipinski definition) is 4. The summed E-state index contributed by atoms with van der Waals surface area (Å²) in [4.78, 5) is 11.8. The van der Waals surface area contributed by atoms with E-state index in [9.17, 15) is 13.2 Å². The highest BCUT2D eigenvalue weighted by molar-refractivity contribution is 9.10. The molecule has 1 atom stereocenters. The molecule has 1 aliphatic heterocycles. The summed E-state index contributed by atoms with van der Waals surface area (Å²) in [6.45, 7) is 1.62. The van der Waals surface area contributed by atoms with Gasteiger partial charge in [0.1, 0.15) is 5.75 Å². The first-order valence-corrected chi connectivity index (χ1v) is 8.79. The molecule has 2 rings (SSSR count). The minimum Gasteiger partial charge on any atom is -0.484 e. The third-order valence-corrected chi connectivity index (χ3v) is 5.56. The van der Waals surface area contributed by atoms with Crippen molar-refractivity contribution in [2.45, 2.75) is 18.9 Å². The Morgan fingerprint density at radius 3 is 2.60 bits per heavy atom. The Morgan fingerprint density at radius 2 is 2.05 bits per heavy atom. The van der Waals surface area contributed by atoms with E-state index in [0.717, 1.165) is 4.47 Å². The zero-order valence-corrected chi connectivity index (χ0v) is 13.5. The summed E-state index contributed by atoms with van der Waals surface area (Å²) in [5.41, 5.74) is -0.682. The zero-order chi connectivity index (χ0) is 14.8. The third kappa shape index (κ3) is 4.21. The minimum atomic E-state index is -3.03. The van der Waals surface area contributed by atoms with Crippen molar-refractivity contribution in [1.82, 2.24) is 5.32 Å². The van der Waals surface area contributed by atoms with Crippen molar-refractivity contribution in [3.8, 4) is 5.75 Å². The number of rotatable bonds is 4. The van der Waals surface area contributed by atoms with Crippen molar-refractivity contribution in [2.24, 2.45) is 0 Å². The highest BCUT2D eigenvalue weighted by atomic mass is 79.9. The third-order valence-electron chi connectivity index (χ3n) is 3.13. The maximum Gasteiger partial charge on any atom is 0.258 e. The lowest BCUT2D eigenvalue weighted by Gasteiger charge is -2.23. The van der Waals surface area contributed by atoms with Gasteiger partial charge in [0.15, 0.2) is 16.4 Å².